The molecule has 2 aromatic rings. The fourth-order valence-electron chi connectivity index (χ4n) is 2.31. The Morgan fingerprint density at radius 2 is 1.43 bits per heavy atom. The Kier molecular flexibility index (Phi) is 3.82. The summed E-state index contributed by atoms with van der Waals surface area (Å²) in [6.07, 6.45) is 0. The number of para-hydroxylation sites is 1. The summed E-state index contributed by atoms with van der Waals surface area (Å²) < 4.78 is 29.8. The Labute approximate surface area is 123 Å². The lowest BCUT2D eigenvalue weighted by Crippen LogP contribution is -2.13. The Hall–Kier alpha value is -2.21. The second-order valence-electron chi connectivity index (χ2n) is 4.89. The van der Waals surface area contributed by atoms with E-state index in [1.54, 1.807) is 26.0 Å². The van der Waals surface area contributed by atoms with Gasteiger partial charge in [0.15, 0.2) is 11.5 Å². The number of hydrogen-bond donors (Lipinski definition) is 2. The number of hydrogen-bond acceptors (Lipinski definition) is 5. The molecule has 0 aliphatic rings. The number of benzene rings is 2. The summed E-state index contributed by atoms with van der Waals surface area (Å²) in [5.74, 6) is -1.36. The van der Waals surface area contributed by atoms with Crippen molar-refractivity contribution in [2.75, 3.05) is 0 Å². The van der Waals surface area contributed by atoms with Crippen LogP contribution < -0.4 is 4.18 Å². The average Bonchev–Trinajstić information content (AvgIpc) is 2.32. The van der Waals surface area contributed by atoms with Gasteiger partial charge < -0.3 is 14.4 Å². The quantitative estimate of drug-likeness (QED) is 0.852. The fraction of sp³-hybridized carbons (Fsp3) is 0.200. The Morgan fingerprint density at radius 1 is 0.952 bits per heavy atom. The monoisotopic (exact) mass is 308 g/mol. The van der Waals surface area contributed by atoms with Crippen LogP contribution in [0.2, 0.25) is 0 Å². The fourth-order valence-corrected chi connectivity index (χ4v) is 3.69. The van der Waals surface area contributed by atoms with Gasteiger partial charge in [0.1, 0.15) is 4.90 Å². The zero-order valence-corrected chi connectivity index (χ0v) is 12.7. The maximum Gasteiger partial charge on any atom is 0.340 e. The summed E-state index contributed by atoms with van der Waals surface area (Å²) >= 11 is 0. The molecule has 0 bridgehead atoms. The predicted octanol–water partition coefficient (Wildman–Crippen LogP) is 2.79. The summed E-state index contributed by atoms with van der Waals surface area (Å²) in [6.45, 7) is 5.20. The molecule has 112 valence electrons. The summed E-state index contributed by atoms with van der Waals surface area (Å²) in [5.41, 5.74) is 2.03. The largest absolute Gasteiger partial charge is 0.504 e. The van der Waals surface area contributed by atoms with Crippen molar-refractivity contribution in [3.63, 3.8) is 0 Å². The van der Waals surface area contributed by atoms with E-state index in [0.717, 1.165) is 5.56 Å². The molecule has 0 fully saturated rings. The van der Waals surface area contributed by atoms with E-state index < -0.39 is 27.4 Å². The Morgan fingerprint density at radius 3 is 1.90 bits per heavy atom. The van der Waals surface area contributed by atoms with E-state index in [1.807, 2.05) is 6.92 Å². The van der Waals surface area contributed by atoms with Crippen LogP contribution in [0.5, 0.6) is 17.2 Å². The molecule has 6 heteroatoms. The minimum absolute atomic E-state index is 0.0377. The number of aromatic hydroxyl groups is 2. The lowest BCUT2D eigenvalue weighted by molar-refractivity contribution is 0.395. The summed E-state index contributed by atoms with van der Waals surface area (Å²) in [7, 11) is -4.16. The molecule has 2 aromatic carbocycles. The van der Waals surface area contributed by atoms with Gasteiger partial charge in [-0.15, -0.1) is 0 Å². The predicted molar refractivity (Wildman–Crippen MR) is 78.2 cm³/mol. The van der Waals surface area contributed by atoms with Crippen LogP contribution in [0.4, 0.5) is 0 Å². The molecule has 0 saturated heterocycles. The highest BCUT2D eigenvalue weighted by molar-refractivity contribution is 7.87. The zero-order chi connectivity index (χ0) is 15.8. The molecular formula is C15H16O5S. The highest BCUT2D eigenvalue weighted by Crippen LogP contribution is 2.37. The molecule has 0 aliphatic carbocycles. The van der Waals surface area contributed by atoms with Gasteiger partial charge in [0, 0.05) is 0 Å². The second-order valence-corrected chi connectivity index (χ2v) is 6.37. The molecular weight excluding hydrogens is 292 g/mol. The maximum atomic E-state index is 12.4. The van der Waals surface area contributed by atoms with Gasteiger partial charge in [-0.05, 0) is 44.0 Å². The third-order valence-electron chi connectivity index (χ3n) is 3.02. The Bertz CT molecular complexity index is 750. The number of rotatable bonds is 3. The van der Waals surface area contributed by atoms with E-state index in [4.69, 9.17) is 4.18 Å². The first-order valence-electron chi connectivity index (χ1n) is 6.25. The van der Waals surface area contributed by atoms with E-state index in [1.165, 1.54) is 18.2 Å². The van der Waals surface area contributed by atoms with Crippen molar-refractivity contribution in [3.05, 3.63) is 47.0 Å². The van der Waals surface area contributed by atoms with Gasteiger partial charge in [0.2, 0.25) is 5.75 Å². The van der Waals surface area contributed by atoms with Crippen molar-refractivity contribution in [2.24, 2.45) is 0 Å². The lowest BCUT2D eigenvalue weighted by Gasteiger charge is -2.14. The van der Waals surface area contributed by atoms with Gasteiger partial charge in [0.05, 0.1) is 0 Å². The minimum Gasteiger partial charge on any atom is -0.504 e. The van der Waals surface area contributed by atoms with E-state index in [9.17, 15) is 18.6 Å². The van der Waals surface area contributed by atoms with Crippen molar-refractivity contribution in [3.8, 4) is 17.2 Å². The van der Waals surface area contributed by atoms with Gasteiger partial charge >= 0.3 is 10.1 Å². The van der Waals surface area contributed by atoms with Gasteiger partial charge in [0.25, 0.3) is 0 Å². The summed E-state index contributed by atoms with van der Waals surface area (Å²) in [5, 5.41) is 19.3. The topological polar surface area (TPSA) is 83.8 Å². The first kappa shape index (κ1) is 15.2. The number of phenols is 2. The highest BCUT2D eigenvalue weighted by Gasteiger charge is 2.25. The van der Waals surface area contributed by atoms with Crippen molar-refractivity contribution < 1.29 is 22.8 Å². The Balaban J connectivity index is 2.54. The smallest absolute Gasteiger partial charge is 0.340 e. The van der Waals surface area contributed by atoms with Crippen LogP contribution in [-0.4, -0.2) is 18.6 Å². The second kappa shape index (κ2) is 5.29. The van der Waals surface area contributed by atoms with Crippen LogP contribution in [0.3, 0.4) is 0 Å². The van der Waals surface area contributed by atoms with Crippen LogP contribution in [-0.2, 0) is 10.1 Å². The van der Waals surface area contributed by atoms with Crippen molar-refractivity contribution in [1.29, 1.82) is 0 Å². The van der Waals surface area contributed by atoms with Crippen LogP contribution >= 0.6 is 0 Å². The van der Waals surface area contributed by atoms with Crippen LogP contribution in [0, 0.1) is 20.8 Å². The van der Waals surface area contributed by atoms with Crippen LogP contribution in [0.25, 0.3) is 0 Å². The first-order chi connectivity index (χ1) is 9.72. The molecule has 2 N–H and O–H groups in total. The summed E-state index contributed by atoms with van der Waals surface area (Å²) in [6, 6.07) is 7.31. The molecule has 0 unspecified atom stereocenters. The standard InChI is InChI=1S/C15H16O5S/c1-9-7-10(2)15(11(3)8-9)21(18,19)20-14-12(16)5-4-6-13(14)17/h4-8,16-17H,1-3H3. The van der Waals surface area contributed by atoms with E-state index in [-0.39, 0.29) is 4.90 Å². The third-order valence-corrected chi connectivity index (χ3v) is 4.55. The van der Waals surface area contributed by atoms with Crippen molar-refractivity contribution in [1.82, 2.24) is 0 Å². The van der Waals surface area contributed by atoms with E-state index in [0.29, 0.717) is 11.1 Å². The third kappa shape index (κ3) is 2.95. The molecule has 0 radical (unpaired) electrons. The van der Waals surface area contributed by atoms with Crippen LogP contribution in [0.15, 0.2) is 35.2 Å². The lowest BCUT2D eigenvalue weighted by atomic mass is 10.1. The molecule has 0 aromatic heterocycles. The molecule has 5 nitrogen and oxygen atoms in total. The van der Waals surface area contributed by atoms with E-state index in [2.05, 4.69) is 0 Å². The SMILES string of the molecule is Cc1cc(C)c(S(=O)(=O)Oc2c(O)cccc2O)c(C)c1. The van der Waals surface area contributed by atoms with Gasteiger partial charge in [-0.25, -0.2) is 0 Å². The normalized spacial score (nSPS) is 11.4. The molecule has 0 atom stereocenters. The van der Waals surface area contributed by atoms with E-state index >= 15 is 0 Å². The molecule has 0 saturated carbocycles. The van der Waals surface area contributed by atoms with Gasteiger partial charge in [-0.1, -0.05) is 23.8 Å². The molecule has 2 rings (SSSR count). The molecule has 0 amide bonds. The zero-order valence-electron chi connectivity index (χ0n) is 11.9. The molecule has 21 heavy (non-hydrogen) atoms. The highest BCUT2D eigenvalue weighted by atomic mass is 32.2. The van der Waals surface area contributed by atoms with Gasteiger partial charge in [-0.3, -0.25) is 0 Å². The molecule has 0 heterocycles. The number of aryl methyl sites for hydroxylation is 3. The average molecular weight is 308 g/mol. The molecule has 0 spiro atoms. The molecule has 0 aliphatic heterocycles. The summed E-state index contributed by atoms with van der Waals surface area (Å²) in [4.78, 5) is 0.0377. The van der Waals surface area contributed by atoms with Crippen LogP contribution in [0.1, 0.15) is 16.7 Å². The van der Waals surface area contributed by atoms with Crippen molar-refractivity contribution in [2.45, 2.75) is 25.7 Å². The van der Waals surface area contributed by atoms with Gasteiger partial charge in [-0.2, -0.15) is 8.42 Å². The maximum absolute atomic E-state index is 12.4. The number of phenolic OH excluding ortho intramolecular Hbond substituents is 2. The van der Waals surface area contributed by atoms with Crippen molar-refractivity contribution >= 4 is 10.1 Å². The minimum atomic E-state index is -4.16. The first-order valence-corrected chi connectivity index (χ1v) is 7.66.